The van der Waals surface area contributed by atoms with Crippen molar-refractivity contribution in [3.63, 3.8) is 0 Å². The van der Waals surface area contributed by atoms with Crippen LogP contribution in [0, 0.1) is 18.8 Å². The summed E-state index contributed by atoms with van der Waals surface area (Å²) in [6.45, 7) is 3.60. The second-order valence-electron chi connectivity index (χ2n) is 5.86. The van der Waals surface area contributed by atoms with Crippen LogP contribution in [0.2, 0.25) is 0 Å². The maximum atomic E-state index is 12.5. The van der Waals surface area contributed by atoms with Gasteiger partial charge in [-0.1, -0.05) is 47.9 Å². The Morgan fingerprint density at radius 3 is 2.20 bits per heavy atom. The van der Waals surface area contributed by atoms with Crippen LogP contribution in [0.3, 0.4) is 0 Å². The van der Waals surface area contributed by atoms with E-state index in [4.69, 9.17) is 5.11 Å². The molecule has 1 unspecified atom stereocenters. The van der Waals surface area contributed by atoms with Crippen molar-refractivity contribution >= 4 is 15.8 Å². The molecular formula is C20H20O4S. The highest BCUT2D eigenvalue weighted by Gasteiger charge is 2.18. The van der Waals surface area contributed by atoms with E-state index < -0.39 is 21.7 Å². The van der Waals surface area contributed by atoms with Crippen molar-refractivity contribution in [2.75, 3.05) is 0 Å². The van der Waals surface area contributed by atoms with Crippen LogP contribution in [0.25, 0.3) is 0 Å². The summed E-state index contributed by atoms with van der Waals surface area (Å²) in [5, 5.41) is 8.98. The Kier molecular flexibility index (Phi) is 6.00. The van der Waals surface area contributed by atoms with Crippen LogP contribution in [0.4, 0.5) is 0 Å². The van der Waals surface area contributed by atoms with Gasteiger partial charge in [-0.2, -0.15) is 0 Å². The molecule has 0 aliphatic heterocycles. The van der Waals surface area contributed by atoms with Gasteiger partial charge < -0.3 is 5.11 Å². The number of carboxylic acid groups (broad SMARTS) is 1. The van der Waals surface area contributed by atoms with Crippen LogP contribution in [0.5, 0.6) is 0 Å². The molecule has 2 aromatic rings. The number of carboxylic acids is 1. The highest BCUT2D eigenvalue weighted by molar-refractivity contribution is 7.90. The number of benzene rings is 2. The van der Waals surface area contributed by atoms with E-state index in [-0.39, 0.29) is 17.1 Å². The second-order valence-corrected chi connectivity index (χ2v) is 7.85. The fourth-order valence-electron chi connectivity index (χ4n) is 2.50. The lowest BCUT2D eigenvalue weighted by molar-refractivity contribution is -0.137. The van der Waals surface area contributed by atoms with Crippen molar-refractivity contribution in [2.24, 2.45) is 0 Å². The van der Waals surface area contributed by atoms with E-state index in [1.54, 1.807) is 31.2 Å². The molecule has 0 saturated carbocycles. The van der Waals surface area contributed by atoms with Crippen LogP contribution in [-0.4, -0.2) is 19.5 Å². The summed E-state index contributed by atoms with van der Waals surface area (Å²) >= 11 is 0. The van der Waals surface area contributed by atoms with Gasteiger partial charge >= 0.3 is 5.97 Å². The molecule has 1 N–H and O–H groups in total. The van der Waals surface area contributed by atoms with Crippen molar-refractivity contribution in [3.8, 4) is 11.8 Å². The zero-order valence-electron chi connectivity index (χ0n) is 14.2. The van der Waals surface area contributed by atoms with E-state index in [2.05, 4.69) is 11.8 Å². The van der Waals surface area contributed by atoms with E-state index in [1.807, 2.05) is 19.1 Å². The SMILES string of the molecule is CC#CC(CC(=O)O)c1ccc(S(=O)(=O)Cc2ccc(C)cc2)cc1. The Morgan fingerprint density at radius 1 is 1.08 bits per heavy atom. The van der Waals surface area contributed by atoms with Gasteiger partial charge in [-0.25, -0.2) is 8.42 Å². The summed E-state index contributed by atoms with van der Waals surface area (Å²) in [4.78, 5) is 11.2. The molecule has 0 aliphatic rings. The van der Waals surface area contributed by atoms with Crippen molar-refractivity contribution in [1.29, 1.82) is 0 Å². The summed E-state index contributed by atoms with van der Waals surface area (Å²) in [5.74, 6) is 4.12. The number of aryl methyl sites for hydroxylation is 1. The fourth-order valence-corrected chi connectivity index (χ4v) is 3.84. The third-order valence-corrected chi connectivity index (χ3v) is 5.52. The first-order valence-corrected chi connectivity index (χ1v) is 9.49. The first-order valence-electron chi connectivity index (χ1n) is 7.84. The first kappa shape index (κ1) is 18.8. The summed E-state index contributed by atoms with van der Waals surface area (Å²) < 4.78 is 25.1. The molecule has 25 heavy (non-hydrogen) atoms. The van der Waals surface area contributed by atoms with Gasteiger partial charge in [0.25, 0.3) is 0 Å². The molecule has 0 bridgehead atoms. The number of aliphatic carboxylic acids is 1. The average molecular weight is 356 g/mol. The molecule has 2 aromatic carbocycles. The van der Waals surface area contributed by atoms with Gasteiger partial charge in [0, 0.05) is 0 Å². The largest absolute Gasteiger partial charge is 0.481 e. The van der Waals surface area contributed by atoms with Gasteiger partial charge in [-0.05, 0) is 37.1 Å². The van der Waals surface area contributed by atoms with Crippen LogP contribution >= 0.6 is 0 Å². The molecule has 130 valence electrons. The van der Waals surface area contributed by atoms with Gasteiger partial charge in [0.2, 0.25) is 0 Å². The normalized spacial score (nSPS) is 12.1. The number of carbonyl (C=O) groups is 1. The third-order valence-electron chi connectivity index (χ3n) is 3.82. The van der Waals surface area contributed by atoms with E-state index in [1.165, 1.54) is 12.1 Å². The average Bonchev–Trinajstić information content (AvgIpc) is 2.56. The minimum atomic E-state index is -3.46. The maximum absolute atomic E-state index is 12.5. The van der Waals surface area contributed by atoms with Gasteiger partial charge in [-0.15, -0.1) is 5.92 Å². The second kappa shape index (κ2) is 8.00. The smallest absolute Gasteiger partial charge is 0.304 e. The number of sulfone groups is 1. The van der Waals surface area contributed by atoms with Crippen molar-refractivity contribution in [1.82, 2.24) is 0 Å². The lowest BCUT2D eigenvalue weighted by Gasteiger charge is -2.10. The molecular weight excluding hydrogens is 336 g/mol. The zero-order chi connectivity index (χ0) is 18.4. The van der Waals surface area contributed by atoms with E-state index in [9.17, 15) is 13.2 Å². The Hall–Kier alpha value is -2.58. The highest BCUT2D eigenvalue weighted by Crippen LogP contribution is 2.23. The van der Waals surface area contributed by atoms with Gasteiger partial charge in [0.1, 0.15) is 0 Å². The Bertz CT molecular complexity index is 899. The molecule has 2 rings (SSSR count). The predicted molar refractivity (Wildman–Crippen MR) is 97.0 cm³/mol. The Morgan fingerprint density at radius 2 is 1.68 bits per heavy atom. The minimum absolute atomic E-state index is 0.0695. The van der Waals surface area contributed by atoms with Crippen molar-refractivity contribution in [3.05, 3.63) is 65.2 Å². The summed E-state index contributed by atoms with van der Waals surface area (Å²) in [7, 11) is -3.46. The predicted octanol–water partition coefficient (Wildman–Crippen LogP) is 3.55. The number of rotatable bonds is 6. The third kappa shape index (κ3) is 5.20. The minimum Gasteiger partial charge on any atom is -0.481 e. The Balaban J connectivity index is 2.23. The van der Waals surface area contributed by atoms with Gasteiger partial charge in [-0.3, -0.25) is 4.79 Å². The van der Waals surface area contributed by atoms with E-state index in [0.29, 0.717) is 5.56 Å². The molecule has 0 saturated heterocycles. The standard InChI is InChI=1S/C20H20O4S/c1-3-4-18(13-20(21)22)17-9-11-19(12-10-17)25(23,24)14-16-7-5-15(2)6-8-16/h5-12,18H,13-14H2,1-2H3,(H,21,22). The molecule has 1 atom stereocenters. The number of hydrogen-bond acceptors (Lipinski definition) is 3. The maximum Gasteiger partial charge on any atom is 0.304 e. The van der Waals surface area contributed by atoms with Gasteiger partial charge in [0.15, 0.2) is 9.84 Å². The summed E-state index contributed by atoms with van der Waals surface area (Å²) in [6.07, 6.45) is -0.115. The zero-order valence-corrected chi connectivity index (χ0v) is 15.0. The summed E-state index contributed by atoms with van der Waals surface area (Å²) in [5.41, 5.74) is 2.51. The van der Waals surface area contributed by atoms with Gasteiger partial charge in [0.05, 0.1) is 23.0 Å². The molecule has 0 radical (unpaired) electrons. The molecule has 0 amide bonds. The van der Waals surface area contributed by atoms with Crippen molar-refractivity contribution < 1.29 is 18.3 Å². The van der Waals surface area contributed by atoms with Crippen LogP contribution in [0.1, 0.15) is 36.0 Å². The lowest BCUT2D eigenvalue weighted by Crippen LogP contribution is -2.07. The fraction of sp³-hybridized carbons (Fsp3) is 0.250. The van der Waals surface area contributed by atoms with E-state index in [0.717, 1.165) is 11.1 Å². The molecule has 4 nitrogen and oxygen atoms in total. The molecule has 0 spiro atoms. The molecule has 0 aromatic heterocycles. The van der Waals surface area contributed by atoms with Crippen LogP contribution < -0.4 is 0 Å². The first-order chi connectivity index (χ1) is 11.8. The topological polar surface area (TPSA) is 71.4 Å². The molecule has 0 heterocycles. The molecule has 0 aliphatic carbocycles. The monoisotopic (exact) mass is 356 g/mol. The lowest BCUT2D eigenvalue weighted by atomic mass is 9.96. The Labute approximate surface area is 148 Å². The van der Waals surface area contributed by atoms with Crippen LogP contribution in [-0.2, 0) is 20.4 Å². The number of hydrogen-bond donors (Lipinski definition) is 1. The van der Waals surface area contributed by atoms with Crippen molar-refractivity contribution in [2.45, 2.75) is 36.8 Å². The molecule has 5 heteroatoms. The van der Waals surface area contributed by atoms with Crippen LogP contribution in [0.15, 0.2) is 53.4 Å². The van der Waals surface area contributed by atoms with E-state index >= 15 is 0 Å². The molecule has 0 fully saturated rings. The quantitative estimate of drug-likeness (QED) is 0.804. The summed E-state index contributed by atoms with van der Waals surface area (Å²) in [6, 6.07) is 13.7. The highest BCUT2D eigenvalue weighted by atomic mass is 32.2.